The normalized spacial score (nSPS) is 16.9. The van der Waals surface area contributed by atoms with Crippen LogP contribution in [-0.2, 0) is 6.54 Å². The van der Waals surface area contributed by atoms with E-state index < -0.39 is 0 Å². The van der Waals surface area contributed by atoms with Crippen LogP contribution in [0.2, 0.25) is 5.02 Å². The van der Waals surface area contributed by atoms with Gasteiger partial charge in [-0.1, -0.05) is 50.8 Å². The molecule has 1 aromatic rings. The lowest BCUT2D eigenvalue weighted by molar-refractivity contribution is 0.551. The summed E-state index contributed by atoms with van der Waals surface area (Å²) in [6, 6.07) is 6.57. The van der Waals surface area contributed by atoms with Crippen LogP contribution in [0.15, 0.2) is 18.2 Å². The minimum atomic E-state index is 0.670. The highest BCUT2D eigenvalue weighted by atomic mass is 35.5. The van der Waals surface area contributed by atoms with Crippen molar-refractivity contribution in [2.75, 3.05) is 24.5 Å². The zero-order chi connectivity index (χ0) is 15.1. The second-order valence-electron chi connectivity index (χ2n) is 6.56. The molecule has 0 saturated carbocycles. The molecule has 118 valence electrons. The third-order valence-electron chi connectivity index (χ3n) is 4.13. The van der Waals surface area contributed by atoms with Crippen LogP contribution in [0.3, 0.4) is 0 Å². The van der Waals surface area contributed by atoms with E-state index in [4.69, 9.17) is 11.6 Å². The van der Waals surface area contributed by atoms with Gasteiger partial charge in [-0.3, -0.25) is 0 Å². The Morgan fingerprint density at radius 1 is 1.10 bits per heavy atom. The third kappa shape index (κ3) is 5.52. The SMILES string of the molecule is CC(C)CNCc1ccc(N2CCCCCCC2)cc1Cl. The predicted molar refractivity (Wildman–Crippen MR) is 93.3 cm³/mol. The molecule has 1 aliphatic rings. The minimum Gasteiger partial charge on any atom is -0.371 e. The molecule has 1 fully saturated rings. The van der Waals surface area contributed by atoms with E-state index in [1.54, 1.807) is 0 Å². The molecule has 0 atom stereocenters. The number of benzene rings is 1. The summed E-state index contributed by atoms with van der Waals surface area (Å²) < 4.78 is 0. The molecule has 2 rings (SSSR count). The fourth-order valence-electron chi connectivity index (χ4n) is 2.88. The fraction of sp³-hybridized carbons (Fsp3) is 0.667. The summed E-state index contributed by atoms with van der Waals surface area (Å²) in [5.41, 5.74) is 2.49. The summed E-state index contributed by atoms with van der Waals surface area (Å²) in [6.45, 7) is 8.67. The van der Waals surface area contributed by atoms with Gasteiger partial charge in [0.25, 0.3) is 0 Å². The lowest BCUT2D eigenvalue weighted by atomic mass is 10.1. The highest BCUT2D eigenvalue weighted by Gasteiger charge is 2.11. The largest absolute Gasteiger partial charge is 0.371 e. The molecule has 1 aromatic carbocycles. The van der Waals surface area contributed by atoms with Gasteiger partial charge in [0.2, 0.25) is 0 Å². The van der Waals surface area contributed by atoms with Gasteiger partial charge in [0.05, 0.1) is 0 Å². The number of nitrogens with one attached hydrogen (secondary N) is 1. The highest BCUT2D eigenvalue weighted by molar-refractivity contribution is 6.31. The molecule has 0 unspecified atom stereocenters. The van der Waals surface area contributed by atoms with Crippen LogP contribution in [0, 0.1) is 5.92 Å². The van der Waals surface area contributed by atoms with Crippen LogP contribution in [0.5, 0.6) is 0 Å². The van der Waals surface area contributed by atoms with E-state index in [1.807, 2.05) is 0 Å². The van der Waals surface area contributed by atoms with Crippen LogP contribution in [0.1, 0.15) is 51.5 Å². The highest BCUT2D eigenvalue weighted by Crippen LogP contribution is 2.25. The summed E-state index contributed by atoms with van der Waals surface area (Å²) in [5, 5.41) is 4.36. The molecule has 1 N–H and O–H groups in total. The van der Waals surface area contributed by atoms with E-state index in [0.29, 0.717) is 5.92 Å². The molecule has 0 aliphatic carbocycles. The Morgan fingerprint density at radius 2 is 1.76 bits per heavy atom. The smallest absolute Gasteiger partial charge is 0.0471 e. The average molecular weight is 309 g/mol. The van der Waals surface area contributed by atoms with Crippen molar-refractivity contribution in [3.8, 4) is 0 Å². The number of hydrogen-bond acceptors (Lipinski definition) is 2. The van der Waals surface area contributed by atoms with Crippen LogP contribution in [-0.4, -0.2) is 19.6 Å². The molecule has 0 amide bonds. The van der Waals surface area contributed by atoms with Crippen molar-refractivity contribution in [1.29, 1.82) is 0 Å². The molecule has 21 heavy (non-hydrogen) atoms. The van der Waals surface area contributed by atoms with Gasteiger partial charge in [0.15, 0.2) is 0 Å². The number of nitrogens with zero attached hydrogens (tertiary/aromatic N) is 1. The van der Waals surface area contributed by atoms with Crippen molar-refractivity contribution < 1.29 is 0 Å². The first kappa shape index (κ1) is 16.6. The number of halogens is 1. The predicted octanol–water partition coefficient (Wildman–Crippen LogP) is 4.86. The molecule has 1 heterocycles. The van der Waals surface area contributed by atoms with Gasteiger partial charge in [-0.05, 0) is 43.0 Å². The lowest BCUT2D eigenvalue weighted by Crippen LogP contribution is -2.27. The second kappa shape index (κ2) is 8.65. The molecule has 0 aromatic heterocycles. The molecule has 1 saturated heterocycles. The Bertz CT molecular complexity index is 423. The van der Waals surface area contributed by atoms with E-state index in [0.717, 1.165) is 18.1 Å². The molecular weight excluding hydrogens is 280 g/mol. The number of hydrogen-bond donors (Lipinski definition) is 1. The van der Waals surface area contributed by atoms with Crippen molar-refractivity contribution in [3.05, 3.63) is 28.8 Å². The van der Waals surface area contributed by atoms with Gasteiger partial charge in [-0.15, -0.1) is 0 Å². The van der Waals surface area contributed by atoms with Gasteiger partial charge in [-0.2, -0.15) is 0 Å². The van der Waals surface area contributed by atoms with E-state index in [9.17, 15) is 0 Å². The van der Waals surface area contributed by atoms with E-state index in [1.165, 1.54) is 56.4 Å². The first-order chi connectivity index (χ1) is 10.2. The quantitative estimate of drug-likeness (QED) is 0.836. The third-order valence-corrected chi connectivity index (χ3v) is 4.48. The summed E-state index contributed by atoms with van der Waals surface area (Å²) >= 11 is 6.47. The standard InChI is InChI=1S/C18H29ClN2/c1-15(2)13-20-14-16-8-9-17(12-18(16)19)21-10-6-4-3-5-7-11-21/h8-9,12,15,20H,3-7,10-11,13-14H2,1-2H3. The van der Waals surface area contributed by atoms with Gasteiger partial charge in [0.1, 0.15) is 0 Å². The van der Waals surface area contributed by atoms with Gasteiger partial charge in [0, 0.05) is 30.3 Å². The maximum atomic E-state index is 6.47. The number of anilines is 1. The summed E-state index contributed by atoms with van der Waals surface area (Å²) in [5.74, 6) is 0.670. The van der Waals surface area contributed by atoms with Gasteiger partial charge in [-0.25, -0.2) is 0 Å². The van der Waals surface area contributed by atoms with Crippen molar-refractivity contribution in [1.82, 2.24) is 5.32 Å². The monoisotopic (exact) mass is 308 g/mol. The van der Waals surface area contributed by atoms with E-state index in [-0.39, 0.29) is 0 Å². The van der Waals surface area contributed by atoms with Crippen LogP contribution < -0.4 is 10.2 Å². The van der Waals surface area contributed by atoms with Gasteiger partial charge < -0.3 is 10.2 Å². The molecule has 2 nitrogen and oxygen atoms in total. The van der Waals surface area contributed by atoms with Crippen molar-refractivity contribution >= 4 is 17.3 Å². The van der Waals surface area contributed by atoms with Crippen LogP contribution in [0.25, 0.3) is 0 Å². The first-order valence-corrected chi connectivity index (χ1v) is 8.78. The summed E-state index contributed by atoms with van der Waals surface area (Å²) in [6.07, 6.45) is 6.72. The Kier molecular flexibility index (Phi) is 6.85. The zero-order valence-electron chi connectivity index (χ0n) is 13.5. The zero-order valence-corrected chi connectivity index (χ0v) is 14.3. The fourth-order valence-corrected chi connectivity index (χ4v) is 3.12. The molecule has 0 spiro atoms. The average Bonchev–Trinajstić information content (AvgIpc) is 2.40. The Balaban J connectivity index is 1.96. The maximum Gasteiger partial charge on any atom is 0.0471 e. The van der Waals surface area contributed by atoms with E-state index in [2.05, 4.69) is 42.3 Å². The minimum absolute atomic E-state index is 0.670. The van der Waals surface area contributed by atoms with Crippen LogP contribution in [0.4, 0.5) is 5.69 Å². The van der Waals surface area contributed by atoms with Crippen molar-refractivity contribution in [2.24, 2.45) is 5.92 Å². The summed E-state index contributed by atoms with van der Waals surface area (Å²) in [4.78, 5) is 2.50. The Labute approximate surface area is 134 Å². The van der Waals surface area contributed by atoms with Crippen LogP contribution >= 0.6 is 11.6 Å². The topological polar surface area (TPSA) is 15.3 Å². The molecular formula is C18H29ClN2. The van der Waals surface area contributed by atoms with Crippen molar-refractivity contribution in [3.63, 3.8) is 0 Å². The Hall–Kier alpha value is -0.730. The Morgan fingerprint density at radius 3 is 2.38 bits per heavy atom. The van der Waals surface area contributed by atoms with Crippen molar-refractivity contribution in [2.45, 2.75) is 52.5 Å². The molecule has 0 bridgehead atoms. The molecule has 1 aliphatic heterocycles. The second-order valence-corrected chi connectivity index (χ2v) is 6.96. The first-order valence-electron chi connectivity index (χ1n) is 8.41. The maximum absolute atomic E-state index is 6.47. The van der Waals surface area contributed by atoms with E-state index >= 15 is 0 Å². The lowest BCUT2D eigenvalue weighted by Gasteiger charge is -2.27. The number of rotatable bonds is 5. The summed E-state index contributed by atoms with van der Waals surface area (Å²) in [7, 11) is 0. The van der Waals surface area contributed by atoms with Gasteiger partial charge >= 0.3 is 0 Å². The molecule has 3 heteroatoms. The molecule has 0 radical (unpaired) electrons.